The summed E-state index contributed by atoms with van der Waals surface area (Å²) in [5.74, 6) is -1.06. The highest BCUT2D eigenvalue weighted by atomic mass is 16.4. The molecule has 0 aliphatic rings. The molecule has 3 nitrogen and oxygen atoms in total. The smallest absolute Gasteiger partial charge is 0.316 e. The van der Waals surface area contributed by atoms with Crippen molar-refractivity contribution in [3.8, 4) is 11.1 Å². The zero-order valence-corrected chi connectivity index (χ0v) is 14.0. The third-order valence-electron chi connectivity index (χ3n) is 4.70. The fourth-order valence-electron chi connectivity index (χ4n) is 3.01. The van der Waals surface area contributed by atoms with Gasteiger partial charge in [-0.1, -0.05) is 84.9 Å². The number of aliphatic hydroxyl groups is 1. The van der Waals surface area contributed by atoms with E-state index in [0.717, 1.165) is 11.1 Å². The number of carboxylic acids is 1. The van der Waals surface area contributed by atoms with Crippen molar-refractivity contribution < 1.29 is 15.0 Å². The number of hydrogen-bond donors (Lipinski definition) is 2. The molecule has 0 radical (unpaired) electrons. The number of hydrogen-bond acceptors (Lipinski definition) is 2. The zero-order valence-electron chi connectivity index (χ0n) is 14.0. The average Bonchev–Trinajstić information content (AvgIpc) is 2.68. The molecule has 3 aromatic carbocycles. The highest BCUT2D eigenvalue weighted by Gasteiger charge is 2.43. The summed E-state index contributed by atoms with van der Waals surface area (Å²) in [6.45, 7) is 1.56. The van der Waals surface area contributed by atoms with E-state index in [0.29, 0.717) is 11.1 Å². The van der Waals surface area contributed by atoms with Crippen LogP contribution < -0.4 is 0 Å². The Bertz CT molecular complexity index is 841. The molecule has 126 valence electrons. The third kappa shape index (κ3) is 3.19. The van der Waals surface area contributed by atoms with Gasteiger partial charge in [-0.3, -0.25) is 4.79 Å². The van der Waals surface area contributed by atoms with Gasteiger partial charge in [-0.05, 0) is 29.2 Å². The topological polar surface area (TPSA) is 57.5 Å². The predicted octanol–water partition coefficient (Wildman–Crippen LogP) is 4.43. The lowest BCUT2D eigenvalue weighted by atomic mass is 9.74. The molecule has 3 aromatic rings. The minimum absolute atomic E-state index is 0.566. The van der Waals surface area contributed by atoms with Gasteiger partial charge in [0, 0.05) is 0 Å². The normalized spacial score (nSPS) is 14.5. The van der Waals surface area contributed by atoms with Gasteiger partial charge >= 0.3 is 5.97 Å². The van der Waals surface area contributed by atoms with E-state index in [9.17, 15) is 15.0 Å². The van der Waals surface area contributed by atoms with Crippen LogP contribution in [0.3, 0.4) is 0 Å². The molecule has 0 amide bonds. The van der Waals surface area contributed by atoms with Crippen LogP contribution in [0.25, 0.3) is 11.1 Å². The summed E-state index contributed by atoms with van der Waals surface area (Å²) in [6, 6.07) is 26.1. The second-order valence-corrected chi connectivity index (χ2v) is 6.26. The second kappa shape index (κ2) is 6.91. The van der Waals surface area contributed by atoms with E-state index in [4.69, 9.17) is 0 Å². The number of aliphatic carboxylic acids is 1. The Morgan fingerprint density at radius 1 is 0.800 bits per heavy atom. The summed E-state index contributed by atoms with van der Waals surface area (Å²) in [6.07, 6.45) is -1.14. The lowest BCUT2D eigenvalue weighted by Gasteiger charge is -2.31. The molecule has 0 saturated carbocycles. The van der Waals surface area contributed by atoms with Gasteiger partial charge in [0.15, 0.2) is 0 Å². The van der Waals surface area contributed by atoms with E-state index in [1.807, 2.05) is 48.5 Å². The molecule has 0 saturated heterocycles. The van der Waals surface area contributed by atoms with Crippen LogP contribution in [0.5, 0.6) is 0 Å². The Hall–Kier alpha value is -2.91. The zero-order chi connectivity index (χ0) is 17.9. The van der Waals surface area contributed by atoms with Crippen LogP contribution in [0.2, 0.25) is 0 Å². The first-order valence-electron chi connectivity index (χ1n) is 8.16. The number of carboxylic acid groups (broad SMARTS) is 1. The van der Waals surface area contributed by atoms with Crippen molar-refractivity contribution in [3.05, 3.63) is 96.1 Å². The maximum atomic E-state index is 12.0. The number of carbonyl (C=O) groups is 1. The van der Waals surface area contributed by atoms with Crippen LogP contribution in [-0.4, -0.2) is 16.2 Å². The number of benzene rings is 3. The Morgan fingerprint density at radius 3 is 1.80 bits per heavy atom. The number of rotatable bonds is 5. The fraction of sp³-hybridized carbons (Fsp3) is 0.136. The van der Waals surface area contributed by atoms with Crippen molar-refractivity contribution >= 4 is 5.97 Å². The van der Waals surface area contributed by atoms with Crippen molar-refractivity contribution in [1.29, 1.82) is 0 Å². The maximum Gasteiger partial charge on any atom is 0.316 e. The molecule has 0 bridgehead atoms. The average molecular weight is 332 g/mol. The molecule has 2 atom stereocenters. The van der Waals surface area contributed by atoms with Gasteiger partial charge in [0.1, 0.15) is 5.41 Å². The Balaban J connectivity index is 2.00. The van der Waals surface area contributed by atoms with E-state index in [1.54, 1.807) is 43.3 Å². The Morgan fingerprint density at radius 2 is 1.28 bits per heavy atom. The van der Waals surface area contributed by atoms with E-state index >= 15 is 0 Å². The van der Waals surface area contributed by atoms with E-state index in [2.05, 4.69) is 0 Å². The number of aliphatic hydroxyl groups excluding tert-OH is 1. The van der Waals surface area contributed by atoms with Crippen LogP contribution in [0.15, 0.2) is 84.9 Å². The third-order valence-corrected chi connectivity index (χ3v) is 4.70. The van der Waals surface area contributed by atoms with E-state index < -0.39 is 17.5 Å². The van der Waals surface area contributed by atoms with Crippen molar-refractivity contribution in [2.75, 3.05) is 0 Å². The molecule has 25 heavy (non-hydrogen) atoms. The highest BCUT2D eigenvalue weighted by molar-refractivity contribution is 5.82. The molecule has 3 heteroatoms. The SMILES string of the molecule is C[C@](C(=O)O)(c1ccc(-c2ccccc2)cc1)[C@@H](O)c1ccccc1. The van der Waals surface area contributed by atoms with Crippen molar-refractivity contribution in [2.24, 2.45) is 0 Å². The van der Waals surface area contributed by atoms with Gasteiger partial charge in [0.25, 0.3) is 0 Å². The summed E-state index contributed by atoms with van der Waals surface area (Å²) in [5.41, 5.74) is 1.79. The van der Waals surface area contributed by atoms with Crippen LogP contribution in [0, 0.1) is 0 Å². The fourth-order valence-corrected chi connectivity index (χ4v) is 3.01. The first-order chi connectivity index (χ1) is 12.0. The lowest BCUT2D eigenvalue weighted by molar-refractivity contribution is -0.148. The molecule has 0 spiro atoms. The molecule has 0 aromatic heterocycles. The monoisotopic (exact) mass is 332 g/mol. The summed E-state index contributed by atoms with van der Waals surface area (Å²) in [4.78, 5) is 12.0. The van der Waals surface area contributed by atoms with Gasteiger partial charge in [-0.25, -0.2) is 0 Å². The summed E-state index contributed by atoms with van der Waals surface area (Å²) >= 11 is 0. The molecule has 0 aliphatic carbocycles. The standard InChI is InChI=1S/C22H20O3/c1-22(21(24)25,20(23)18-10-6-3-7-11-18)19-14-12-17(13-15-19)16-8-4-2-5-9-16/h2-15,20,23H,1H3,(H,24,25)/t20-,22-/m0/s1. The van der Waals surface area contributed by atoms with Crippen molar-refractivity contribution in [1.82, 2.24) is 0 Å². The first-order valence-corrected chi connectivity index (χ1v) is 8.16. The maximum absolute atomic E-state index is 12.0. The van der Waals surface area contributed by atoms with Crippen LogP contribution in [0.1, 0.15) is 24.2 Å². The minimum atomic E-state index is -1.43. The van der Waals surface area contributed by atoms with Gasteiger partial charge in [-0.15, -0.1) is 0 Å². The quantitative estimate of drug-likeness (QED) is 0.727. The molecule has 0 fully saturated rings. The first kappa shape index (κ1) is 16.9. The summed E-state index contributed by atoms with van der Waals surface area (Å²) in [7, 11) is 0. The molecule has 2 N–H and O–H groups in total. The van der Waals surface area contributed by atoms with E-state index in [-0.39, 0.29) is 0 Å². The molecular weight excluding hydrogens is 312 g/mol. The van der Waals surface area contributed by atoms with E-state index in [1.165, 1.54) is 0 Å². The van der Waals surface area contributed by atoms with Gasteiger partial charge in [0.2, 0.25) is 0 Å². The second-order valence-electron chi connectivity index (χ2n) is 6.26. The highest BCUT2D eigenvalue weighted by Crippen LogP contribution is 2.38. The summed E-state index contributed by atoms with van der Waals surface area (Å²) < 4.78 is 0. The Labute approximate surface area is 147 Å². The molecule has 3 rings (SSSR count). The largest absolute Gasteiger partial charge is 0.481 e. The minimum Gasteiger partial charge on any atom is -0.481 e. The van der Waals surface area contributed by atoms with Gasteiger partial charge < -0.3 is 10.2 Å². The molecule has 0 heterocycles. The molecule has 0 aliphatic heterocycles. The van der Waals surface area contributed by atoms with Crippen LogP contribution >= 0.6 is 0 Å². The predicted molar refractivity (Wildman–Crippen MR) is 98.3 cm³/mol. The Kier molecular flexibility index (Phi) is 4.68. The van der Waals surface area contributed by atoms with Gasteiger partial charge in [0.05, 0.1) is 6.10 Å². The molecular formula is C22H20O3. The summed E-state index contributed by atoms with van der Waals surface area (Å²) in [5, 5.41) is 20.6. The van der Waals surface area contributed by atoms with Crippen molar-refractivity contribution in [3.63, 3.8) is 0 Å². The van der Waals surface area contributed by atoms with Gasteiger partial charge in [-0.2, -0.15) is 0 Å². The lowest BCUT2D eigenvalue weighted by Crippen LogP contribution is -2.39. The molecule has 0 unspecified atom stereocenters. The van der Waals surface area contributed by atoms with Crippen molar-refractivity contribution in [2.45, 2.75) is 18.4 Å². The van der Waals surface area contributed by atoms with Crippen LogP contribution in [-0.2, 0) is 10.2 Å². The van der Waals surface area contributed by atoms with Crippen LogP contribution in [0.4, 0.5) is 0 Å².